The molecule has 2 aromatic carbocycles. The van der Waals surface area contributed by atoms with Crippen LogP contribution in [-0.4, -0.2) is 10.1 Å². The number of rotatable bonds is 5. The van der Waals surface area contributed by atoms with E-state index in [1.54, 1.807) is 11.8 Å². The van der Waals surface area contributed by atoms with Gasteiger partial charge in [0.1, 0.15) is 11.8 Å². The van der Waals surface area contributed by atoms with Gasteiger partial charge in [0.25, 0.3) is 0 Å². The summed E-state index contributed by atoms with van der Waals surface area (Å²) in [6, 6.07) is 26.5. The zero-order valence-electron chi connectivity index (χ0n) is 17.9. The number of hydrogen-bond donors (Lipinski definition) is 1. The van der Waals surface area contributed by atoms with E-state index in [1.807, 2.05) is 48.7 Å². The summed E-state index contributed by atoms with van der Waals surface area (Å²) in [6.07, 6.45) is 1.81. The second-order valence-corrected chi connectivity index (χ2v) is 9.38. The third-order valence-corrected chi connectivity index (χ3v) is 6.68. The summed E-state index contributed by atoms with van der Waals surface area (Å²) in [6.45, 7) is 4.21. The van der Waals surface area contributed by atoms with Crippen molar-refractivity contribution in [1.82, 2.24) is 10.3 Å². The van der Waals surface area contributed by atoms with Gasteiger partial charge < -0.3 is 14.6 Å². The van der Waals surface area contributed by atoms with Crippen LogP contribution in [0.5, 0.6) is 0 Å². The molecule has 1 saturated heterocycles. The van der Waals surface area contributed by atoms with Crippen molar-refractivity contribution in [3.63, 3.8) is 0 Å². The average Bonchev–Trinajstić information content (AvgIpc) is 3.38. The molecule has 1 fully saturated rings. The molecule has 0 unspecified atom stereocenters. The average molecular weight is 458 g/mol. The molecule has 4 aromatic rings. The number of hydrogen-bond acceptors (Lipinski definition) is 4. The Balaban J connectivity index is 1.56. The predicted octanol–water partition coefficient (Wildman–Crippen LogP) is 6.62. The van der Waals surface area contributed by atoms with Crippen LogP contribution in [0.4, 0.5) is 5.69 Å². The highest BCUT2D eigenvalue weighted by atomic mass is 32.2. The van der Waals surface area contributed by atoms with Crippen LogP contribution in [0, 0.1) is 13.8 Å². The monoisotopic (exact) mass is 457 g/mol. The van der Waals surface area contributed by atoms with E-state index in [-0.39, 0.29) is 12.1 Å². The highest BCUT2D eigenvalue weighted by Gasteiger charge is 2.42. The smallest absolute Gasteiger partial charge is 0.174 e. The van der Waals surface area contributed by atoms with Crippen LogP contribution in [-0.2, 0) is 0 Å². The van der Waals surface area contributed by atoms with Crippen molar-refractivity contribution < 1.29 is 4.42 Å². The maximum Gasteiger partial charge on any atom is 0.174 e. The lowest BCUT2D eigenvalue weighted by Crippen LogP contribution is -2.29. The summed E-state index contributed by atoms with van der Waals surface area (Å²) in [5.41, 5.74) is 4.38. The van der Waals surface area contributed by atoms with Gasteiger partial charge in [-0.1, -0.05) is 42.1 Å². The van der Waals surface area contributed by atoms with E-state index in [4.69, 9.17) is 16.6 Å². The van der Waals surface area contributed by atoms with Gasteiger partial charge in [-0.3, -0.25) is 4.98 Å². The van der Waals surface area contributed by atoms with Gasteiger partial charge in [0.15, 0.2) is 10.2 Å². The van der Waals surface area contributed by atoms with Crippen LogP contribution in [0.15, 0.2) is 99.5 Å². The van der Waals surface area contributed by atoms with Gasteiger partial charge >= 0.3 is 0 Å². The van der Waals surface area contributed by atoms with E-state index >= 15 is 0 Å². The molecular weight excluding hydrogens is 434 g/mol. The Hall–Kier alpha value is -3.09. The van der Waals surface area contributed by atoms with Gasteiger partial charge in [-0.15, -0.1) is 0 Å². The van der Waals surface area contributed by atoms with Crippen LogP contribution in [0.25, 0.3) is 0 Å². The van der Waals surface area contributed by atoms with Crippen molar-refractivity contribution in [3.8, 4) is 0 Å². The van der Waals surface area contributed by atoms with Crippen LogP contribution in [0.1, 0.15) is 34.7 Å². The molecular formula is C26H23N3OS2. The van der Waals surface area contributed by atoms with E-state index in [1.165, 1.54) is 11.1 Å². The first-order valence-corrected chi connectivity index (χ1v) is 11.7. The number of anilines is 1. The predicted molar refractivity (Wildman–Crippen MR) is 133 cm³/mol. The number of aryl methyl sites for hydroxylation is 2. The van der Waals surface area contributed by atoms with Gasteiger partial charge in [0.05, 0.1) is 11.7 Å². The molecule has 160 valence electrons. The molecule has 5 rings (SSSR count). The highest BCUT2D eigenvalue weighted by Crippen LogP contribution is 2.43. The Morgan fingerprint density at radius 3 is 2.41 bits per heavy atom. The van der Waals surface area contributed by atoms with Crippen molar-refractivity contribution in [2.24, 2.45) is 0 Å². The number of thiocarbonyl (C=S) groups is 1. The van der Waals surface area contributed by atoms with Crippen LogP contribution in [0.3, 0.4) is 0 Å². The molecule has 1 N–H and O–H groups in total. The highest BCUT2D eigenvalue weighted by molar-refractivity contribution is 7.99. The van der Waals surface area contributed by atoms with Crippen LogP contribution in [0.2, 0.25) is 0 Å². The summed E-state index contributed by atoms with van der Waals surface area (Å²) in [5, 5.41) is 5.01. The molecule has 6 heteroatoms. The molecule has 0 radical (unpaired) electrons. The van der Waals surface area contributed by atoms with E-state index < -0.39 is 0 Å². The van der Waals surface area contributed by atoms with E-state index in [0.717, 1.165) is 27.1 Å². The maximum absolute atomic E-state index is 6.38. The first-order valence-electron chi connectivity index (χ1n) is 10.5. The van der Waals surface area contributed by atoms with E-state index in [0.29, 0.717) is 5.11 Å². The minimum absolute atomic E-state index is 0.120. The SMILES string of the molecule is Cc1cc(C)cc(N2C(=S)N[C@@H](c3ccccn3)[C@H]2c2ccc(Sc3ccccc3)o2)c1. The maximum atomic E-state index is 6.38. The quantitative estimate of drug-likeness (QED) is 0.340. The Morgan fingerprint density at radius 1 is 0.938 bits per heavy atom. The van der Waals surface area contributed by atoms with E-state index in [2.05, 4.69) is 65.4 Å². The zero-order valence-corrected chi connectivity index (χ0v) is 19.5. The molecule has 0 bridgehead atoms. The Kier molecular flexibility index (Phi) is 5.72. The van der Waals surface area contributed by atoms with Crippen molar-refractivity contribution >= 4 is 34.8 Å². The normalized spacial score (nSPS) is 18.1. The molecule has 1 aliphatic rings. The lowest BCUT2D eigenvalue weighted by molar-refractivity contribution is 0.383. The fraction of sp³-hybridized carbons (Fsp3) is 0.154. The van der Waals surface area contributed by atoms with Gasteiger partial charge in [-0.2, -0.15) is 0 Å². The Bertz CT molecular complexity index is 1220. The summed E-state index contributed by atoms with van der Waals surface area (Å²) in [4.78, 5) is 7.91. The third-order valence-electron chi connectivity index (χ3n) is 5.44. The first kappa shape index (κ1) is 20.8. The largest absolute Gasteiger partial charge is 0.452 e. The van der Waals surface area contributed by atoms with Crippen LogP contribution < -0.4 is 10.2 Å². The number of aromatic nitrogens is 1. The lowest BCUT2D eigenvalue weighted by Gasteiger charge is -2.26. The fourth-order valence-corrected chi connectivity index (χ4v) is 5.31. The molecule has 4 nitrogen and oxygen atoms in total. The number of nitrogens with zero attached hydrogens (tertiary/aromatic N) is 2. The zero-order chi connectivity index (χ0) is 22.1. The standard InChI is InChI=1S/C26H23N3OS2/c1-17-14-18(2)16-19(15-17)29-25(24(28-26(29)31)21-10-6-7-13-27-21)22-11-12-23(30-22)32-20-8-4-3-5-9-20/h3-16,24-25H,1-2H3,(H,28,31)/t24-,25+/m0/s1. The Labute approximate surface area is 197 Å². The molecule has 0 amide bonds. The molecule has 3 heterocycles. The van der Waals surface area contributed by atoms with Gasteiger partial charge in [-0.25, -0.2) is 0 Å². The lowest BCUT2D eigenvalue weighted by atomic mass is 10.0. The molecule has 1 aliphatic heterocycles. The van der Waals surface area contributed by atoms with Gasteiger partial charge in [-0.05, 0) is 85.7 Å². The molecule has 32 heavy (non-hydrogen) atoms. The summed E-state index contributed by atoms with van der Waals surface area (Å²) >= 11 is 7.43. The molecule has 0 aliphatic carbocycles. The number of pyridine rings is 1. The summed E-state index contributed by atoms with van der Waals surface area (Å²) in [5.74, 6) is 0.852. The minimum Gasteiger partial charge on any atom is -0.452 e. The number of furan rings is 1. The molecule has 2 atom stereocenters. The molecule has 2 aromatic heterocycles. The van der Waals surface area contributed by atoms with Crippen molar-refractivity contribution in [3.05, 3.63) is 108 Å². The van der Waals surface area contributed by atoms with Crippen molar-refractivity contribution in [1.29, 1.82) is 0 Å². The van der Waals surface area contributed by atoms with Crippen LogP contribution >= 0.6 is 24.0 Å². The molecule has 0 spiro atoms. The van der Waals surface area contributed by atoms with E-state index in [9.17, 15) is 0 Å². The molecule has 0 saturated carbocycles. The second kappa shape index (κ2) is 8.81. The summed E-state index contributed by atoms with van der Waals surface area (Å²) in [7, 11) is 0. The minimum atomic E-state index is -0.149. The second-order valence-electron chi connectivity index (χ2n) is 7.91. The fourth-order valence-electron chi connectivity index (χ4n) is 4.16. The van der Waals surface area contributed by atoms with Crippen molar-refractivity contribution in [2.75, 3.05) is 4.90 Å². The van der Waals surface area contributed by atoms with Gasteiger partial charge in [0.2, 0.25) is 0 Å². The number of nitrogens with one attached hydrogen (secondary N) is 1. The Morgan fingerprint density at radius 2 is 1.69 bits per heavy atom. The number of benzene rings is 2. The first-order chi connectivity index (χ1) is 15.6. The third kappa shape index (κ3) is 4.16. The summed E-state index contributed by atoms with van der Waals surface area (Å²) < 4.78 is 6.38. The van der Waals surface area contributed by atoms with Gasteiger partial charge in [0, 0.05) is 16.8 Å². The van der Waals surface area contributed by atoms with Crippen molar-refractivity contribution in [2.45, 2.75) is 35.9 Å². The topological polar surface area (TPSA) is 41.3 Å².